The molecule has 168 valence electrons. The third kappa shape index (κ3) is 3.80. The van der Waals surface area contributed by atoms with Crippen LogP contribution < -0.4 is 10.6 Å². The topological polar surface area (TPSA) is 29.3 Å². The predicted molar refractivity (Wildman–Crippen MR) is 152 cm³/mol. The standard InChI is InChI=1S/C32H24N2S/c1-22-20-24(33)18-19-35-31-21-30(27-15-7-8-16-28(27)32(22)31)34(25-12-3-2-4-13-25)29-17-9-11-23-10-5-6-14-26(23)29/h2-21H,1,33H2/b19-18-,24-20+. The second kappa shape index (κ2) is 8.86. The van der Waals surface area contributed by atoms with Crippen LogP contribution >= 0.6 is 11.8 Å². The van der Waals surface area contributed by atoms with Crippen molar-refractivity contribution in [1.29, 1.82) is 0 Å². The molecule has 35 heavy (non-hydrogen) atoms. The first-order valence-corrected chi connectivity index (χ1v) is 12.5. The van der Waals surface area contributed by atoms with Crippen molar-refractivity contribution in [1.82, 2.24) is 0 Å². The number of nitrogens with two attached hydrogens (primary N) is 1. The molecule has 5 aromatic carbocycles. The van der Waals surface area contributed by atoms with Gasteiger partial charge in [-0.25, -0.2) is 0 Å². The Balaban J connectivity index is 1.70. The fourth-order valence-electron chi connectivity index (χ4n) is 4.84. The Morgan fingerprint density at radius 3 is 2.20 bits per heavy atom. The van der Waals surface area contributed by atoms with Gasteiger partial charge in [-0.3, -0.25) is 0 Å². The SMILES string of the molecule is C=C1/C=C(N)\C=C/Sc2cc(N(c3ccccc3)c3cccc4ccccc34)c3ccccc3c21. The molecule has 0 aromatic heterocycles. The molecule has 0 atom stereocenters. The lowest BCUT2D eigenvalue weighted by atomic mass is 9.95. The van der Waals surface area contributed by atoms with Gasteiger partial charge in [-0.2, -0.15) is 0 Å². The molecular weight excluding hydrogens is 444 g/mol. The number of hydrogen-bond acceptors (Lipinski definition) is 3. The normalized spacial score (nSPS) is 15.7. The van der Waals surface area contributed by atoms with Gasteiger partial charge in [-0.15, -0.1) is 0 Å². The molecule has 2 nitrogen and oxygen atoms in total. The molecule has 1 heterocycles. The van der Waals surface area contributed by atoms with Crippen molar-refractivity contribution < 1.29 is 0 Å². The van der Waals surface area contributed by atoms with Crippen molar-refractivity contribution >= 4 is 55.9 Å². The number of hydrogen-bond donors (Lipinski definition) is 1. The maximum Gasteiger partial charge on any atom is 0.0552 e. The van der Waals surface area contributed by atoms with Crippen LogP contribution in [0.25, 0.3) is 27.1 Å². The zero-order valence-electron chi connectivity index (χ0n) is 19.2. The van der Waals surface area contributed by atoms with Gasteiger partial charge in [0.15, 0.2) is 0 Å². The summed E-state index contributed by atoms with van der Waals surface area (Å²) in [5, 5.41) is 6.81. The summed E-state index contributed by atoms with van der Waals surface area (Å²) in [7, 11) is 0. The van der Waals surface area contributed by atoms with Crippen LogP contribution in [0.4, 0.5) is 17.1 Å². The van der Waals surface area contributed by atoms with Gasteiger partial charge in [-0.1, -0.05) is 97.2 Å². The molecule has 0 unspecified atom stereocenters. The number of para-hydroxylation sites is 1. The fourth-order valence-corrected chi connectivity index (χ4v) is 5.75. The van der Waals surface area contributed by atoms with Crippen molar-refractivity contribution in [2.45, 2.75) is 4.90 Å². The Kier molecular flexibility index (Phi) is 5.40. The minimum Gasteiger partial charge on any atom is -0.399 e. The number of thioether (sulfide) groups is 1. The van der Waals surface area contributed by atoms with Gasteiger partial charge in [0.2, 0.25) is 0 Å². The Morgan fingerprint density at radius 1 is 0.686 bits per heavy atom. The summed E-state index contributed by atoms with van der Waals surface area (Å²) in [6, 6.07) is 36.5. The smallest absolute Gasteiger partial charge is 0.0552 e. The zero-order chi connectivity index (χ0) is 23.8. The molecule has 6 rings (SSSR count). The zero-order valence-corrected chi connectivity index (χ0v) is 20.0. The van der Waals surface area contributed by atoms with Crippen LogP contribution in [0.2, 0.25) is 0 Å². The molecule has 1 aliphatic heterocycles. The number of rotatable bonds is 3. The van der Waals surface area contributed by atoms with E-state index < -0.39 is 0 Å². The molecule has 0 spiro atoms. The van der Waals surface area contributed by atoms with Crippen LogP contribution in [0, 0.1) is 0 Å². The van der Waals surface area contributed by atoms with Gasteiger partial charge in [0, 0.05) is 32.6 Å². The van der Waals surface area contributed by atoms with E-state index in [-0.39, 0.29) is 0 Å². The monoisotopic (exact) mass is 468 g/mol. The van der Waals surface area contributed by atoms with Crippen molar-refractivity contribution in [2.24, 2.45) is 5.73 Å². The first-order chi connectivity index (χ1) is 17.2. The van der Waals surface area contributed by atoms with Crippen molar-refractivity contribution in [3.8, 4) is 0 Å². The molecule has 0 saturated carbocycles. The molecule has 5 aromatic rings. The van der Waals surface area contributed by atoms with E-state index in [2.05, 4.69) is 120 Å². The highest BCUT2D eigenvalue weighted by Crippen LogP contribution is 2.47. The summed E-state index contributed by atoms with van der Waals surface area (Å²) >= 11 is 1.68. The highest BCUT2D eigenvalue weighted by Gasteiger charge is 2.21. The van der Waals surface area contributed by atoms with Gasteiger partial charge >= 0.3 is 0 Å². The van der Waals surface area contributed by atoms with Crippen LogP contribution in [-0.4, -0.2) is 0 Å². The van der Waals surface area contributed by atoms with Gasteiger partial charge < -0.3 is 10.6 Å². The Labute approximate surface area is 209 Å². The predicted octanol–water partition coefficient (Wildman–Crippen LogP) is 8.94. The Bertz CT molecular complexity index is 1640. The molecule has 0 radical (unpaired) electrons. The first kappa shape index (κ1) is 21.3. The number of fused-ring (bicyclic) bond motifs is 4. The second-order valence-corrected chi connectivity index (χ2v) is 9.52. The van der Waals surface area contributed by atoms with Crippen LogP contribution in [-0.2, 0) is 0 Å². The number of nitrogens with zero attached hydrogens (tertiary/aromatic N) is 1. The van der Waals surface area contributed by atoms with E-state index in [1.54, 1.807) is 11.8 Å². The third-order valence-electron chi connectivity index (χ3n) is 6.37. The van der Waals surface area contributed by atoms with E-state index in [4.69, 9.17) is 5.73 Å². The van der Waals surface area contributed by atoms with Crippen LogP contribution in [0.3, 0.4) is 0 Å². The lowest BCUT2D eigenvalue weighted by Gasteiger charge is -2.29. The summed E-state index contributed by atoms with van der Waals surface area (Å²) in [5.74, 6) is 0. The van der Waals surface area contributed by atoms with E-state index in [0.29, 0.717) is 5.70 Å². The lowest BCUT2D eigenvalue weighted by molar-refractivity contribution is 1.29. The number of allylic oxidation sites excluding steroid dienone is 3. The van der Waals surface area contributed by atoms with Gasteiger partial charge in [-0.05, 0) is 58.2 Å². The first-order valence-electron chi connectivity index (χ1n) is 11.6. The average molecular weight is 469 g/mol. The summed E-state index contributed by atoms with van der Waals surface area (Å²) in [4.78, 5) is 3.53. The number of anilines is 3. The minimum atomic E-state index is 0.711. The highest BCUT2D eigenvalue weighted by molar-refractivity contribution is 8.02. The quantitative estimate of drug-likeness (QED) is 0.286. The van der Waals surface area contributed by atoms with E-state index in [0.717, 1.165) is 38.5 Å². The van der Waals surface area contributed by atoms with E-state index in [1.807, 2.05) is 12.2 Å². The van der Waals surface area contributed by atoms with E-state index in [9.17, 15) is 0 Å². The van der Waals surface area contributed by atoms with Gasteiger partial charge in [0.25, 0.3) is 0 Å². The number of benzene rings is 5. The van der Waals surface area contributed by atoms with E-state index in [1.165, 1.54) is 16.2 Å². The highest BCUT2D eigenvalue weighted by atomic mass is 32.2. The molecule has 1 aliphatic rings. The third-order valence-corrected chi connectivity index (χ3v) is 7.21. The van der Waals surface area contributed by atoms with Crippen LogP contribution in [0.1, 0.15) is 5.56 Å². The summed E-state index contributed by atoms with van der Waals surface area (Å²) in [6.45, 7) is 4.37. The largest absolute Gasteiger partial charge is 0.399 e. The Morgan fingerprint density at radius 2 is 1.37 bits per heavy atom. The van der Waals surface area contributed by atoms with Crippen molar-refractivity contribution in [2.75, 3.05) is 4.90 Å². The fraction of sp³-hybridized carbons (Fsp3) is 0. The molecule has 0 bridgehead atoms. The summed E-state index contributed by atoms with van der Waals surface area (Å²) in [5.41, 5.74) is 12.3. The summed E-state index contributed by atoms with van der Waals surface area (Å²) < 4.78 is 0. The minimum absolute atomic E-state index is 0.711. The maximum absolute atomic E-state index is 6.17. The second-order valence-electron chi connectivity index (χ2n) is 8.57. The van der Waals surface area contributed by atoms with Crippen LogP contribution in [0.15, 0.2) is 138 Å². The summed E-state index contributed by atoms with van der Waals surface area (Å²) in [6.07, 6.45) is 3.90. The van der Waals surface area contributed by atoms with Crippen LogP contribution in [0.5, 0.6) is 0 Å². The molecule has 2 N–H and O–H groups in total. The maximum atomic E-state index is 6.17. The van der Waals surface area contributed by atoms with Crippen molar-refractivity contribution in [3.63, 3.8) is 0 Å². The lowest BCUT2D eigenvalue weighted by Crippen LogP contribution is -2.11. The van der Waals surface area contributed by atoms with E-state index >= 15 is 0 Å². The van der Waals surface area contributed by atoms with Gasteiger partial charge in [0.05, 0.1) is 11.4 Å². The molecule has 3 heteroatoms. The molecule has 0 fully saturated rings. The molecule has 0 saturated heterocycles. The Hall–Kier alpha value is -4.21. The molecule has 0 aliphatic carbocycles. The molecule has 0 amide bonds. The molecular formula is C32H24N2S. The van der Waals surface area contributed by atoms with Crippen molar-refractivity contribution in [3.05, 3.63) is 139 Å². The average Bonchev–Trinajstić information content (AvgIpc) is 2.88. The van der Waals surface area contributed by atoms with Gasteiger partial charge in [0.1, 0.15) is 0 Å².